The van der Waals surface area contributed by atoms with Crippen molar-refractivity contribution in [3.8, 4) is 0 Å². The summed E-state index contributed by atoms with van der Waals surface area (Å²) in [5.74, 6) is 0.0534. The third-order valence-electron chi connectivity index (χ3n) is 2.21. The Bertz CT molecular complexity index is 521. The Morgan fingerprint density at radius 1 is 1.00 bits per heavy atom. The zero-order chi connectivity index (χ0) is 11.9. The molecule has 0 aliphatic heterocycles. The van der Waals surface area contributed by atoms with Crippen LogP contribution in [-0.2, 0) is 0 Å². The molecule has 0 saturated heterocycles. The smallest absolute Gasteiger partial charge is 0.195 e. The van der Waals surface area contributed by atoms with Crippen LogP contribution in [0.3, 0.4) is 0 Å². The zero-order valence-corrected chi connectivity index (χ0v) is 10.1. The molecule has 0 radical (unpaired) electrons. The molecule has 0 bridgehead atoms. The molecule has 0 aliphatic rings. The maximum atomic E-state index is 11.6. The molecule has 1 aromatic heterocycles. The van der Waals surface area contributed by atoms with E-state index >= 15 is 0 Å². The SMILES string of the molecule is O=C(/C=C/C=C\c1ccccc1)c1cccs1. The van der Waals surface area contributed by atoms with Crippen molar-refractivity contribution in [1.29, 1.82) is 0 Å². The zero-order valence-electron chi connectivity index (χ0n) is 9.24. The van der Waals surface area contributed by atoms with Crippen LogP contribution in [0.2, 0.25) is 0 Å². The second kappa shape index (κ2) is 5.97. The summed E-state index contributed by atoms with van der Waals surface area (Å²) in [6, 6.07) is 13.7. The second-order valence-corrected chi connectivity index (χ2v) is 4.42. The summed E-state index contributed by atoms with van der Waals surface area (Å²) in [7, 11) is 0. The topological polar surface area (TPSA) is 17.1 Å². The molecular weight excluding hydrogens is 228 g/mol. The van der Waals surface area contributed by atoms with Crippen molar-refractivity contribution in [3.63, 3.8) is 0 Å². The fraction of sp³-hybridized carbons (Fsp3) is 0. The van der Waals surface area contributed by atoms with Crippen LogP contribution in [0.4, 0.5) is 0 Å². The van der Waals surface area contributed by atoms with Crippen molar-refractivity contribution in [2.45, 2.75) is 0 Å². The molecule has 1 aromatic carbocycles. The number of ketones is 1. The average molecular weight is 240 g/mol. The van der Waals surface area contributed by atoms with Gasteiger partial charge < -0.3 is 0 Å². The lowest BCUT2D eigenvalue weighted by atomic mass is 10.2. The molecule has 1 heterocycles. The lowest BCUT2D eigenvalue weighted by molar-refractivity contribution is 0.105. The van der Waals surface area contributed by atoms with Gasteiger partial charge in [0.25, 0.3) is 0 Å². The highest BCUT2D eigenvalue weighted by Crippen LogP contribution is 2.09. The Kier molecular flexibility index (Phi) is 4.05. The molecule has 17 heavy (non-hydrogen) atoms. The highest BCUT2D eigenvalue weighted by atomic mass is 32.1. The molecule has 0 amide bonds. The van der Waals surface area contributed by atoms with Crippen LogP contribution < -0.4 is 0 Å². The minimum absolute atomic E-state index is 0.0534. The van der Waals surface area contributed by atoms with Gasteiger partial charge in [-0.15, -0.1) is 11.3 Å². The Morgan fingerprint density at radius 3 is 2.53 bits per heavy atom. The summed E-state index contributed by atoms with van der Waals surface area (Å²) in [5.41, 5.74) is 1.13. The van der Waals surface area contributed by atoms with Gasteiger partial charge in [-0.05, 0) is 23.1 Å². The van der Waals surface area contributed by atoms with E-state index in [1.165, 1.54) is 11.3 Å². The maximum absolute atomic E-state index is 11.6. The third-order valence-corrected chi connectivity index (χ3v) is 3.10. The number of benzene rings is 1. The predicted molar refractivity (Wildman–Crippen MR) is 73.3 cm³/mol. The predicted octanol–water partition coefficient (Wildman–Crippen LogP) is 4.20. The van der Waals surface area contributed by atoms with Gasteiger partial charge >= 0.3 is 0 Å². The van der Waals surface area contributed by atoms with Crippen molar-refractivity contribution >= 4 is 23.2 Å². The van der Waals surface area contributed by atoms with Crippen LogP contribution in [0, 0.1) is 0 Å². The second-order valence-electron chi connectivity index (χ2n) is 3.47. The quantitative estimate of drug-likeness (QED) is 0.444. The van der Waals surface area contributed by atoms with Gasteiger partial charge in [-0.1, -0.05) is 54.6 Å². The fourth-order valence-electron chi connectivity index (χ4n) is 1.37. The Labute approximate surface area is 105 Å². The lowest BCUT2D eigenvalue weighted by Crippen LogP contribution is -1.87. The van der Waals surface area contributed by atoms with E-state index < -0.39 is 0 Å². The van der Waals surface area contributed by atoms with Gasteiger partial charge in [0, 0.05) is 0 Å². The molecule has 0 fully saturated rings. The van der Waals surface area contributed by atoms with Crippen LogP contribution in [0.25, 0.3) is 6.08 Å². The van der Waals surface area contributed by atoms with Crippen LogP contribution in [0.5, 0.6) is 0 Å². The van der Waals surface area contributed by atoms with E-state index in [1.54, 1.807) is 12.2 Å². The Morgan fingerprint density at radius 2 is 1.82 bits per heavy atom. The minimum Gasteiger partial charge on any atom is -0.288 e. The van der Waals surface area contributed by atoms with E-state index in [1.807, 2.05) is 60.0 Å². The molecule has 1 nitrogen and oxygen atoms in total. The van der Waals surface area contributed by atoms with E-state index in [2.05, 4.69) is 0 Å². The van der Waals surface area contributed by atoms with E-state index in [0.717, 1.165) is 10.4 Å². The summed E-state index contributed by atoms with van der Waals surface area (Å²) < 4.78 is 0. The Hall–Kier alpha value is -1.93. The average Bonchev–Trinajstić information content (AvgIpc) is 2.89. The third kappa shape index (κ3) is 3.54. The number of carbonyl (C=O) groups is 1. The van der Waals surface area contributed by atoms with E-state index in [9.17, 15) is 4.79 Å². The van der Waals surface area contributed by atoms with Gasteiger partial charge in [0.15, 0.2) is 5.78 Å². The first-order valence-electron chi connectivity index (χ1n) is 5.34. The highest BCUT2D eigenvalue weighted by Gasteiger charge is 1.99. The van der Waals surface area contributed by atoms with Crippen LogP contribution in [0.15, 0.2) is 66.1 Å². The molecule has 0 spiro atoms. The largest absolute Gasteiger partial charge is 0.288 e. The van der Waals surface area contributed by atoms with E-state index in [-0.39, 0.29) is 5.78 Å². The number of rotatable bonds is 4. The summed E-state index contributed by atoms with van der Waals surface area (Å²) >= 11 is 1.46. The van der Waals surface area contributed by atoms with Crippen molar-refractivity contribution in [2.24, 2.45) is 0 Å². The van der Waals surface area contributed by atoms with Crippen molar-refractivity contribution < 1.29 is 4.79 Å². The molecule has 0 atom stereocenters. The first-order valence-corrected chi connectivity index (χ1v) is 6.22. The minimum atomic E-state index is 0.0534. The number of allylic oxidation sites excluding steroid dienone is 3. The van der Waals surface area contributed by atoms with Gasteiger partial charge in [0.1, 0.15) is 0 Å². The van der Waals surface area contributed by atoms with Gasteiger partial charge in [-0.25, -0.2) is 0 Å². The first kappa shape index (κ1) is 11.6. The molecule has 0 aliphatic carbocycles. The summed E-state index contributed by atoms with van der Waals surface area (Å²) in [4.78, 5) is 12.4. The van der Waals surface area contributed by atoms with Crippen LogP contribution >= 0.6 is 11.3 Å². The molecule has 0 unspecified atom stereocenters. The molecule has 2 rings (SSSR count). The van der Waals surface area contributed by atoms with Crippen molar-refractivity contribution in [1.82, 2.24) is 0 Å². The number of hydrogen-bond acceptors (Lipinski definition) is 2. The van der Waals surface area contributed by atoms with Gasteiger partial charge in [-0.2, -0.15) is 0 Å². The normalized spacial score (nSPS) is 11.3. The van der Waals surface area contributed by atoms with Crippen molar-refractivity contribution in [3.05, 3.63) is 76.5 Å². The summed E-state index contributed by atoms with van der Waals surface area (Å²) in [6.45, 7) is 0. The Balaban J connectivity index is 1.94. The molecule has 84 valence electrons. The molecule has 0 saturated carbocycles. The van der Waals surface area contributed by atoms with Gasteiger partial charge in [0.05, 0.1) is 4.88 Å². The monoisotopic (exact) mass is 240 g/mol. The lowest BCUT2D eigenvalue weighted by Gasteiger charge is -1.89. The molecule has 0 N–H and O–H groups in total. The fourth-order valence-corrected chi connectivity index (χ4v) is 2.02. The van der Waals surface area contributed by atoms with E-state index in [0.29, 0.717) is 0 Å². The molecular formula is C15H12OS. The standard InChI is InChI=1S/C15H12OS/c16-14(15-11-6-12-17-15)10-5-4-9-13-7-2-1-3-8-13/h1-12H/b9-4-,10-5+. The highest BCUT2D eigenvalue weighted by molar-refractivity contribution is 7.12. The number of carbonyl (C=O) groups excluding carboxylic acids is 1. The van der Waals surface area contributed by atoms with Gasteiger partial charge in [0.2, 0.25) is 0 Å². The maximum Gasteiger partial charge on any atom is 0.195 e. The van der Waals surface area contributed by atoms with E-state index in [4.69, 9.17) is 0 Å². The number of thiophene rings is 1. The van der Waals surface area contributed by atoms with Gasteiger partial charge in [-0.3, -0.25) is 4.79 Å². The molecule has 2 heteroatoms. The first-order chi connectivity index (χ1) is 8.36. The summed E-state index contributed by atoms with van der Waals surface area (Å²) in [5, 5.41) is 1.90. The summed E-state index contributed by atoms with van der Waals surface area (Å²) in [6.07, 6.45) is 7.21. The van der Waals surface area contributed by atoms with Crippen LogP contribution in [-0.4, -0.2) is 5.78 Å². The molecule has 2 aromatic rings. The number of hydrogen-bond donors (Lipinski definition) is 0. The van der Waals surface area contributed by atoms with Crippen LogP contribution in [0.1, 0.15) is 15.2 Å². The van der Waals surface area contributed by atoms with Crippen molar-refractivity contribution in [2.75, 3.05) is 0 Å².